The molecular formula is C24H20N2O2. The highest BCUT2D eigenvalue weighted by Gasteiger charge is 2.13. The van der Waals surface area contributed by atoms with E-state index in [0.717, 1.165) is 16.8 Å². The van der Waals surface area contributed by atoms with Gasteiger partial charge in [0.1, 0.15) is 5.76 Å². The number of aryl methyl sites for hydroxylation is 1. The molecular weight excluding hydrogens is 348 g/mol. The maximum atomic E-state index is 12.6. The second-order valence-electron chi connectivity index (χ2n) is 6.69. The average molecular weight is 368 g/mol. The fourth-order valence-corrected chi connectivity index (χ4v) is 3.06. The third-order valence-corrected chi connectivity index (χ3v) is 4.43. The number of pyridine rings is 1. The number of benzene rings is 2. The molecule has 1 N–H and O–H groups in total. The summed E-state index contributed by atoms with van der Waals surface area (Å²) in [5.41, 5.74) is 4.85. The SMILES string of the molecule is Cc1cccc(-c2ccc(C(=O)Nc3ccnc(Cc4ccccc4)c3)o2)c1. The number of rotatable bonds is 5. The summed E-state index contributed by atoms with van der Waals surface area (Å²) in [5.74, 6) is 0.669. The van der Waals surface area contributed by atoms with Gasteiger partial charge in [0.25, 0.3) is 5.91 Å². The number of furan rings is 1. The highest BCUT2D eigenvalue weighted by Crippen LogP contribution is 2.23. The molecule has 0 bridgehead atoms. The molecule has 1 amide bonds. The monoisotopic (exact) mass is 368 g/mol. The summed E-state index contributed by atoms with van der Waals surface area (Å²) >= 11 is 0. The molecule has 0 aliphatic rings. The van der Waals surface area contributed by atoms with Gasteiger partial charge >= 0.3 is 0 Å². The first kappa shape index (κ1) is 17.7. The van der Waals surface area contributed by atoms with E-state index in [0.29, 0.717) is 17.9 Å². The summed E-state index contributed by atoms with van der Waals surface area (Å²) in [6, 6.07) is 25.3. The Hall–Kier alpha value is -3.66. The molecule has 0 saturated carbocycles. The molecule has 4 nitrogen and oxygen atoms in total. The van der Waals surface area contributed by atoms with Gasteiger partial charge in [-0.3, -0.25) is 9.78 Å². The third kappa shape index (κ3) is 4.18. The van der Waals surface area contributed by atoms with Gasteiger partial charge in [0.15, 0.2) is 5.76 Å². The van der Waals surface area contributed by atoms with Gasteiger partial charge in [-0.05, 0) is 42.8 Å². The van der Waals surface area contributed by atoms with Crippen LogP contribution < -0.4 is 5.32 Å². The molecule has 0 atom stereocenters. The van der Waals surface area contributed by atoms with Crippen molar-refractivity contribution >= 4 is 11.6 Å². The van der Waals surface area contributed by atoms with Crippen molar-refractivity contribution in [2.75, 3.05) is 5.32 Å². The second-order valence-corrected chi connectivity index (χ2v) is 6.69. The summed E-state index contributed by atoms with van der Waals surface area (Å²) in [6.45, 7) is 2.02. The third-order valence-electron chi connectivity index (χ3n) is 4.43. The lowest BCUT2D eigenvalue weighted by Gasteiger charge is -2.06. The highest BCUT2D eigenvalue weighted by atomic mass is 16.3. The largest absolute Gasteiger partial charge is 0.451 e. The number of hydrogen-bond acceptors (Lipinski definition) is 3. The predicted molar refractivity (Wildman–Crippen MR) is 110 cm³/mol. The van der Waals surface area contributed by atoms with Crippen LogP contribution >= 0.6 is 0 Å². The van der Waals surface area contributed by atoms with Crippen LogP contribution in [0.25, 0.3) is 11.3 Å². The lowest BCUT2D eigenvalue weighted by Crippen LogP contribution is -2.11. The molecule has 28 heavy (non-hydrogen) atoms. The Kier molecular flexibility index (Phi) is 5.02. The van der Waals surface area contributed by atoms with Crippen molar-refractivity contribution in [1.29, 1.82) is 0 Å². The van der Waals surface area contributed by atoms with Gasteiger partial charge in [-0.25, -0.2) is 0 Å². The zero-order valence-electron chi connectivity index (χ0n) is 15.6. The van der Waals surface area contributed by atoms with Crippen LogP contribution in [0.3, 0.4) is 0 Å². The van der Waals surface area contributed by atoms with Gasteiger partial charge in [0.05, 0.1) is 0 Å². The van der Waals surface area contributed by atoms with Crippen molar-refractivity contribution in [3.8, 4) is 11.3 Å². The Morgan fingerprint density at radius 2 is 1.82 bits per heavy atom. The molecule has 2 aromatic carbocycles. The van der Waals surface area contributed by atoms with E-state index in [1.165, 1.54) is 5.56 Å². The lowest BCUT2D eigenvalue weighted by atomic mass is 10.1. The average Bonchev–Trinajstić information content (AvgIpc) is 3.20. The molecule has 138 valence electrons. The first-order valence-electron chi connectivity index (χ1n) is 9.14. The molecule has 4 heteroatoms. The topological polar surface area (TPSA) is 55.1 Å². The fraction of sp³-hybridized carbons (Fsp3) is 0.0833. The van der Waals surface area contributed by atoms with Crippen molar-refractivity contribution in [2.45, 2.75) is 13.3 Å². The van der Waals surface area contributed by atoms with Crippen LogP contribution in [-0.2, 0) is 6.42 Å². The Bertz CT molecular complexity index is 1100. The van der Waals surface area contributed by atoms with E-state index in [1.54, 1.807) is 18.3 Å². The zero-order valence-corrected chi connectivity index (χ0v) is 15.6. The van der Waals surface area contributed by atoms with Crippen molar-refractivity contribution in [1.82, 2.24) is 4.98 Å². The summed E-state index contributed by atoms with van der Waals surface area (Å²) in [5, 5.41) is 2.89. The standard InChI is InChI=1S/C24H20N2O2/c1-17-6-5-9-19(14-17)22-10-11-23(28-22)24(27)26-20-12-13-25-21(16-20)15-18-7-3-2-4-8-18/h2-14,16H,15H2,1H3,(H,25,26,27). The molecule has 0 radical (unpaired) electrons. The summed E-state index contributed by atoms with van der Waals surface area (Å²) in [6.07, 6.45) is 2.41. The molecule has 0 aliphatic heterocycles. The minimum Gasteiger partial charge on any atom is -0.451 e. The fourth-order valence-electron chi connectivity index (χ4n) is 3.06. The maximum absolute atomic E-state index is 12.6. The van der Waals surface area contributed by atoms with Crippen LogP contribution in [0.1, 0.15) is 27.4 Å². The summed E-state index contributed by atoms with van der Waals surface area (Å²) in [7, 11) is 0. The minimum atomic E-state index is -0.282. The van der Waals surface area contributed by atoms with Gasteiger partial charge in [-0.15, -0.1) is 0 Å². The van der Waals surface area contributed by atoms with E-state index >= 15 is 0 Å². The Morgan fingerprint density at radius 1 is 0.964 bits per heavy atom. The number of aromatic nitrogens is 1. The number of nitrogens with one attached hydrogen (secondary N) is 1. The Labute approximate surface area is 163 Å². The van der Waals surface area contributed by atoms with Crippen molar-refractivity contribution in [3.05, 3.63) is 108 Å². The molecule has 0 aliphatic carbocycles. The molecule has 2 heterocycles. The zero-order chi connectivity index (χ0) is 19.3. The quantitative estimate of drug-likeness (QED) is 0.506. The molecule has 4 aromatic rings. The van der Waals surface area contributed by atoms with E-state index in [9.17, 15) is 4.79 Å². The molecule has 0 unspecified atom stereocenters. The first-order valence-corrected chi connectivity index (χ1v) is 9.14. The van der Waals surface area contributed by atoms with Crippen LogP contribution in [0.2, 0.25) is 0 Å². The van der Waals surface area contributed by atoms with Crippen LogP contribution in [-0.4, -0.2) is 10.9 Å². The van der Waals surface area contributed by atoms with E-state index in [-0.39, 0.29) is 11.7 Å². The highest BCUT2D eigenvalue weighted by molar-refractivity contribution is 6.02. The van der Waals surface area contributed by atoms with E-state index in [2.05, 4.69) is 22.4 Å². The van der Waals surface area contributed by atoms with Gasteiger partial charge < -0.3 is 9.73 Å². The maximum Gasteiger partial charge on any atom is 0.291 e. The number of anilines is 1. The van der Waals surface area contributed by atoms with E-state index in [1.807, 2.05) is 61.5 Å². The lowest BCUT2D eigenvalue weighted by molar-refractivity contribution is 0.0997. The Balaban J connectivity index is 1.47. The molecule has 0 fully saturated rings. The van der Waals surface area contributed by atoms with Crippen LogP contribution in [0.4, 0.5) is 5.69 Å². The number of hydrogen-bond donors (Lipinski definition) is 1. The van der Waals surface area contributed by atoms with Gasteiger partial charge in [0.2, 0.25) is 0 Å². The van der Waals surface area contributed by atoms with Crippen LogP contribution in [0, 0.1) is 6.92 Å². The molecule has 0 spiro atoms. The van der Waals surface area contributed by atoms with Gasteiger partial charge in [-0.2, -0.15) is 0 Å². The van der Waals surface area contributed by atoms with E-state index in [4.69, 9.17) is 4.42 Å². The number of carbonyl (C=O) groups is 1. The first-order chi connectivity index (χ1) is 13.7. The van der Waals surface area contributed by atoms with Crippen LogP contribution in [0.5, 0.6) is 0 Å². The van der Waals surface area contributed by atoms with Crippen molar-refractivity contribution in [2.24, 2.45) is 0 Å². The van der Waals surface area contributed by atoms with Gasteiger partial charge in [-0.1, -0.05) is 54.1 Å². The predicted octanol–water partition coefficient (Wildman–Crippen LogP) is 5.49. The van der Waals surface area contributed by atoms with Crippen molar-refractivity contribution < 1.29 is 9.21 Å². The molecule has 0 saturated heterocycles. The number of carbonyl (C=O) groups excluding carboxylic acids is 1. The van der Waals surface area contributed by atoms with E-state index < -0.39 is 0 Å². The summed E-state index contributed by atoms with van der Waals surface area (Å²) in [4.78, 5) is 17.0. The van der Waals surface area contributed by atoms with Crippen molar-refractivity contribution in [3.63, 3.8) is 0 Å². The van der Waals surface area contributed by atoms with Gasteiger partial charge in [0, 0.05) is 29.6 Å². The van der Waals surface area contributed by atoms with Crippen LogP contribution in [0.15, 0.2) is 89.5 Å². The second kappa shape index (κ2) is 7.92. The minimum absolute atomic E-state index is 0.276. The smallest absolute Gasteiger partial charge is 0.291 e. The number of nitrogens with zero attached hydrogens (tertiary/aromatic N) is 1. The Morgan fingerprint density at radius 3 is 2.64 bits per heavy atom. The summed E-state index contributed by atoms with van der Waals surface area (Å²) < 4.78 is 5.76. The molecule has 2 aromatic heterocycles. The normalized spacial score (nSPS) is 10.6. The molecule has 4 rings (SSSR count). The number of amides is 1.